The van der Waals surface area contributed by atoms with Crippen molar-refractivity contribution in [3.63, 3.8) is 0 Å². The fraction of sp³-hybridized carbons (Fsp3) is 0.600. The Morgan fingerprint density at radius 2 is 2.23 bits per heavy atom. The summed E-state index contributed by atoms with van der Waals surface area (Å²) >= 11 is 5.01. The first kappa shape index (κ1) is 17.4. The van der Waals surface area contributed by atoms with E-state index < -0.39 is 0 Å². The molecule has 3 N–H and O–H groups in total. The number of likely N-dealkylation sites (tertiary alicyclic amines) is 1. The molecular formula is C15H22BrN3O2S. The number of rotatable bonds is 6. The molecular weight excluding hydrogens is 366 g/mol. The maximum atomic E-state index is 12.5. The minimum atomic E-state index is -0.0392. The molecule has 1 saturated heterocycles. The molecule has 0 aliphatic carbocycles. The molecule has 1 unspecified atom stereocenters. The highest BCUT2D eigenvalue weighted by molar-refractivity contribution is 9.11. The van der Waals surface area contributed by atoms with Crippen LogP contribution < -0.4 is 11.1 Å². The lowest BCUT2D eigenvalue weighted by molar-refractivity contribution is -0.134. The van der Waals surface area contributed by atoms with Gasteiger partial charge in [0.2, 0.25) is 11.8 Å². The van der Waals surface area contributed by atoms with E-state index in [9.17, 15) is 9.59 Å². The summed E-state index contributed by atoms with van der Waals surface area (Å²) in [4.78, 5) is 27.1. The van der Waals surface area contributed by atoms with Crippen molar-refractivity contribution in [3.8, 4) is 0 Å². The van der Waals surface area contributed by atoms with Gasteiger partial charge in [0.25, 0.3) is 0 Å². The lowest BCUT2D eigenvalue weighted by Gasteiger charge is -2.36. The second-order valence-electron chi connectivity index (χ2n) is 5.46. The van der Waals surface area contributed by atoms with E-state index in [-0.39, 0.29) is 17.9 Å². The van der Waals surface area contributed by atoms with Gasteiger partial charge in [0.1, 0.15) is 0 Å². The molecule has 1 aromatic heterocycles. The number of nitrogens with zero attached hydrogens (tertiary/aromatic N) is 1. The molecule has 0 bridgehead atoms. The molecule has 2 rings (SSSR count). The number of carbonyl (C=O) groups is 2. The van der Waals surface area contributed by atoms with Crippen molar-refractivity contribution >= 4 is 39.1 Å². The van der Waals surface area contributed by atoms with Crippen molar-refractivity contribution in [2.45, 2.75) is 38.1 Å². The molecule has 7 heteroatoms. The predicted molar refractivity (Wildman–Crippen MR) is 91.8 cm³/mol. The van der Waals surface area contributed by atoms with Crippen LogP contribution in [0.5, 0.6) is 0 Å². The SMILES string of the molecule is NCCC(=O)NCC1CCCCN1C(=O)Cc1ccc(Br)s1. The molecule has 0 radical (unpaired) electrons. The van der Waals surface area contributed by atoms with Gasteiger partial charge in [-0.3, -0.25) is 9.59 Å². The molecule has 1 aliphatic rings. The van der Waals surface area contributed by atoms with Crippen molar-refractivity contribution in [2.24, 2.45) is 5.73 Å². The van der Waals surface area contributed by atoms with Crippen LogP contribution in [0.1, 0.15) is 30.6 Å². The fourth-order valence-corrected chi connectivity index (χ4v) is 4.16. The Morgan fingerprint density at radius 3 is 2.91 bits per heavy atom. The van der Waals surface area contributed by atoms with Gasteiger partial charge in [-0.15, -0.1) is 11.3 Å². The molecule has 2 amide bonds. The number of hydrogen-bond acceptors (Lipinski definition) is 4. The van der Waals surface area contributed by atoms with E-state index in [1.54, 1.807) is 11.3 Å². The van der Waals surface area contributed by atoms with Crippen molar-refractivity contribution in [1.29, 1.82) is 0 Å². The molecule has 22 heavy (non-hydrogen) atoms. The van der Waals surface area contributed by atoms with Crippen molar-refractivity contribution in [1.82, 2.24) is 10.2 Å². The van der Waals surface area contributed by atoms with Gasteiger partial charge in [-0.1, -0.05) is 0 Å². The predicted octanol–water partition coefficient (Wildman–Crippen LogP) is 1.90. The summed E-state index contributed by atoms with van der Waals surface area (Å²) in [5.41, 5.74) is 5.37. The van der Waals surface area contributed by atoms with Crippen LogP contribution in [0.15, 0.2) is 15.9 Å². The first-order chi connectivity index (χ1) is 10.6. The molecule has 0 aromatic carbocycles. The van der Waals surface area contributed by atoms with Gasteiger partial charge >= 0.3 is 0 Å². The zero-order chi connectivity index (χ0) is 15.9. The van der Waals surface area contributed by atoms with E-state index >= 15 is 0 Å². The normalized spacial score (nSPS) is 18.3. The van der Waals surface area contributed by atoms with Gasteiger partial charge in [-0.25, -0.2) is 0 Å². The molecule has 5 nitrogen and oxygen atoms in total. The maximum Gasteiger partial charge on any atom is 0.228 e. The third kappa shape index (κ3) is 5.07. The number of carbonyl (C=O) groups excluding carboxylic acids is 2. The summed E-state index contributed by atoms with van der Waals surface area (Å²) in [7, 11) is 0. The number of thiophene rings is 1. The lowest BCUT2D eigenvalue weighted by atomic mass is 10.0. The standard InChI is InChI=1S/C15H22BrN3O2S/c16-13-5-4-12(22-13)9-15(21)19-8-2-1-3-11(19)10-18-14(20)6-7-17/h4-5,11H,1-3,6-10,17H2,(H,18,20). The van der Waals surface area contributed by atoms with E-state index in [2.05, 4.69) is 21.2 Å². The smallest absolute Gasteiger partial charge is 0.228 e. The first-order valence-electron chi connectivity index (χ1n) is 7.60. The van der Waals surface area contributed by atoms with Crippen LogP contribution in [-0.4, -0.2) is 42.4 Å². The van der Waals surface area contributed by atoms with Gasteiger partial charge in [-0.05, 0) is 47.3 Å². The Hall–Kier alpha value is -0.920. The second-order valence-corrected chi connectivity index (χ2v) is 8.01. The Morgan fingerprint density at radius 1 is 1.41 bits per heavy atom. The van der Waals surface area contributed by atoms with E-state index in [4.69, 9.17) is 5.73 Å². The highest BCUT2D eigenvalue weighted by Crippen LogP contribution is 2.24. The number of hydrogen-bond donors (Lipinski definition) is 2. The molecule has 0 saturated carbocycles. The average molecular weight is 388 g/mol. The Bertz CT molecular complexity index is 521. The molecule has 1 aromatic rings. The molecule has 0 spiro atoms. The molecule has 2 heterocycles. The Labute approximate surface area is 143 Å². The zero-order valence-corrected chi connectivity index (χ0v) is 14.9. The average Bonchev–Trinajstić information content (AvgIpc) is 2.91. The number of halogens is 1. The monoisotopic (exact) mass is 387 g/mol. The first-order valence-corrected chi connectivity index (χ1v) is 9.21. The molecule has 122 valence electrons. The topological polar surface area (TPSA) is 75.4 Å². The van der Waals surface area contributed by atoms with E-state index in [0.717, 1.165) is 34.5 Å². The fourth-order valence-electron chi connectivity index (χ4n) is 2.69. The second kappa shape index (κ2) is 8.64. The van der Waals surface area contributed by atoms with Crippen LogP contribution in [0.4, 0.5) is 0 Å². The van der Waals surface area contributed by atoms with Crippen LogP contribution in [0.25, 0.3) is 0 Å². The van der Waals surface area contributed by atoms with Gasteiger partial charge in [0, 0.05) is 37.0 Å². The van der Waals surface area contributed by atoms with Gasteiger partial charge in [-0.2, -0.15) is 0 Å². The Balaban J connectivity index is 1.90. The maximum absolute atomic E-state index is 12.5. The summed E-state index contributed by atoms with van der Waals surface area (Å²) in [5.74, 6) is 0.106. The van der Waals surface area contributed by atoms with E-state index in [0.29, 0.717) is 25.9 Å². The zero-order valence-electron chi connectivity index (χ0n) is 12.5. The van der Waals surface area contributed by atoms with Gasteiger partial charge < -0.3 is 16.0 Å². The summed E-state index contributed by atoms with van der Waals surface area (Å²) in [6, 6.07) is 4.05. The molecule has 1 fully saturated rings. The minimum absolute atomic E-state index is 0.0392. The highest BCUT2D eigenvalue weighted by Gasteiger charge is 2.27. The van der Waals surface area contributed by atoms with Crippen LogP contribution in [0.3, 0.4) is 0 Å². The third-order valence-corrected chi connectivity index (χ3v) is 5.43. The van der Waals surface area contributed by atoms with Crippen LogP contribution >= 0.6 is 27.3 Å². The van der Waals surface area contributed by atoms with E-state index in [1.807, 2.05) is 17.0 Å². The summed E-state index contributed by atoms with van der Waals surface area (Å²) in [5, 5.41) is 2.89. The highest BCUT2D eigenvalue weighted by atomic mass is 79.9. The van der Waals surface area contributed by atoms with Crippen LogP contribution in [0.2, 0.25) is 0 Å². The molecule has 1 aliphatic heterocycles. The minimum Gasteiger partial charge on any atom is -0.354 e. The van der Waals surface area contributed by atoms with Crippen molar-refractivity contribution in [3.05, 3.63) is 20.8 Å². The summed E-state index contributed by atoms with van der Waals surface area (Å²) < 4.78 is 1.04. The summed E-state index contributed by atoms with van der Waals surface area (Å²) in [6.45, 7) is 1.66. The number of amides is 2. The van der Waals surface area contributed by atoms with Gasteiger partial charge in [0.15, 0.2) is 0 Å². The van der Waals surface area contributed by atoms with E-state index in [1.165, 1.54) is 0 Å². The largest absolute Gasteiger partial charge is 0.354 e. The Kier molecular flexibility index (Phi) is 6.85. The van der Waals surface area contributed by atoms with Crippen LogP contribution in [-0.2, 0) is 16.0 Å². The van der Waals surface area contributed by atoms with Crippen molar-refractivity contribution < 1.29 is 9.59 Å². The third-order valence-electron chi connectivity index (χ3n) is 3.81. The van der Waals surface area contributed by atoms with Crippen LogP contribution in [0, 0.1) is 0 Å². The van der Waals surface area contributed by atoms with Gasteiger partial charge in [0.05, 0.1) is 10.2 Å². The number of nitrogens with one attached hydrogen (secondary N) is 1. The quantitative estimate of drug-likeness (QED) is 0.782. The van der Waals surface area contributed by atoms with Crippen molar-refractivity contribution in [2.75, 3.05) is 19.6 Å². The summed E-state index contributed by atoms with van der Waals surface area (Å²) in [6.07, 6.45) is 3.86. The molecule has 1 atom stereocenters. The number of piperidine rings is 1. The number of nitrogens with two attached hydrogens (primary N) is 1. The lowest BCUT2D eigenvalue weighted by Crippen LogP contribution is -2.50.